The number of rotatable bonds is 7. The quantitative estimate of drug-likeness (QED) is 0.500. The average molecular weight is 426 g/mol. The van der Waals surface area contributed by atoms with Crippen molar-refractivity contribution < 1.29 is 9.66 Å². The smallest absolute Gasteiger partial charge is 0.310 e. The van der Waals surface area contributed by atoms with Crippen molar-refractivity contribution in [2.45, 2.75) is 6.54 Å². The lowest BCUT2D eigenvalue weighted by Crippen LogP contribution is -2.46. The molecule has 1 aromatic carbocycles. The SMILES string of the molecule is O=[N+]([O-])c1ccccc1OCCN1CCN(Cc2ccc(Br)s2)CC1. The van der Waals surface area contributed by atoms with Crippen LogP contribution >= 0.6 is 27.3 Å². The first kappa shape index (κ1) is 18.3. The van der Waals surface area contributed by atoms with Gasteiger partial charge in [0.05, 0.1) is 8.71 Å². The third kappa shape index (κ3) is 5.24. The maximum absolute atomic E-state index is 11.0. The highest BCUT2D eigenvalue weighted by atomic mass is 79.9. The molecule has 0 amide bonds. The zero-order valence-electron chi connectivity index (χ0n) is 13.8. The third-order valence-corrected chi connectivity index (χ3v) is 5.81. The summed E-state index contributed by atoms with van der Waals surface area (Å²) in [6.45, 7) is 6.28. The molecule has 1 aromatic heterocycles. The van der Waals surface area contributed by atoms with Crippen LogP contribution in [-0.4, -0.2) is 54.1 Å². The molecule has 25 heavy (non-hydrogen) atoms. The van der Waals surface area contributed by atoms with Crippen molar-refractivity contribution in [2.75, 3.05) is 39.3 Å². The van der Waals surface area contributed by atoms with Crippen molar-refractivity contribution in [1.82, 2.24) is 9.80 Å². The highest BCUT2D eigenvalue weighted by Gasteiger charge is 2.18. The first-order valence-electron chi connectivity index (χ1n) is 8.17. The summed E-state index contributed by atoms with van der Waals surface area (Å²) in [6.07, 6.45) is 0. The van der Waals surface area contributed by atoms with Gasteiger partial charge in [-0.3, -0.25) is 19.9 Å². The van der Waals surface area contributed by atoms with Gasteiger partial charge in [-0.15, -0.1) is 11.3 Å². The Morgan fingerprint density at radius 3 is 2.52 bits per heavy atom. The third-order valence-electron chi connectivity index (χ3n) is 4.20. The predicted molar refractivity (Wildman–Crippen MR) is 102 cm³/mol. The normalized spacial score (nSPS) is 16.0. The molecule has 2 aromatic rings. The van der Waals surface area contributed by atoms with Crippen LogP contribution in [0, 0.1) is 10.1 Å². The van der Waals surface area contributed by atoms with Gasteiger partial charge in [-0.25, -0.2) is 0 Å². The Balaban J connectivity index is 1.40. The summed E-state index contributed by atoms with van der Waals surface area (Å²) in [5.74, 6) is 0.342. The van der Waals surface area contributed by atoms with Crippen LogP contribution in [0.25, 0.3) is 0 Å². The summed E-state index contributed by atoms with van der Waals surface area (Å²) in [7, 11) is 0. The summed E-state index contributed by atoms with van der Waals surface area (Å²) in [5.41, 5.74) is 0.0226. The molecule has 1 saturated heterocycles. The molecule has 0 radical (unpaired) electrons. The van der Waals surface area contributed by atoms with E-state index in [9.17, 15) is 10.1 Å². The summed E-state index contributed by atoms with van der Waals surface area (Å²) in [5, 5.41) is 11.0. The number of piperazine rings is 1. The van der Waals surface area contributed by atoms with E-state index in [2.05, 4.69) is 37.9 Å². The Hall–Kier alpha value is -1.48. The van der Waals surface area contributed by atoms with E-state index >= 15 is 0 Å². The van der Waals surface area contributed by atoms with E-state index in [1.54, 1.807) is 29.5 Å². The molecule has 0 atom stereocenters. The number of halogens is 1. The lowest BCUT2D eigenvalue weighted by molar-refractivity contribution is -0.385. The van der Waals surface area contributed by atoms with Crippen LogP contribution in [0.2, 0.25) is 0 Å². The molecule has 0 N–H and O–H groups in total. The summed E-state index contributed by atoms with van der Waals surface area (Å²) in [4.78, 5) is 16.7. The zero-order chi connectivity index (χ0) is 17.6. The van der Waals surface area contributed by atoms with Crippen molar-refractivity contribution in [1.29, 1.82) is 0 Å². The lowest BCUT2D eigenvalue weighted by atomic mass is 10.3. The number of para-hydroxylation sites is 2. The van der Waals surface area contributed by atoms with Gasteiger partial charge in [0.15, 0.2) is 5.75 Å². The number of nitro groups is 1. The number of hydrogen-bond acceptors (Lipinski definition) is 6. The molecule has 8 heteroatoms. The molecule has 3 rings (SSSR count). The second kappa shape index (κ2) is 8.75. The summed E-state index contributed by atoms with van der Waals surface area (Å²) >= 11 is 5.29. The van der Waals surface area contributed by atoms with Gasteiger partial charge in [-0.1, -0.05) is 12.1 Å². The molecule has 134 valence electrons. The van der Waals surface area contributed by atoms with Crippen LogP contribution in [0.15, 0.2) is 40.2 Å². The maximum atomic E-state index is 11.0. The molecule has 2 heterocycles. The van der Waals surface area contributed by atoms with Gasteiger partial charge in [0.1, 0.15) is 6.61 Å². The Bertz CT molecular complexity index is 717. The molecule has 1 aliphatic heterocycles. The Labute approximate surface area is 159 Å². The molecule has 0 aliphatic carbocycles. The van der Waals surface area contributed by atoms with Crippen molar-refractivity contribution in [2.24, 2.45) is 0 Å². The van der Waals surface area contributed by atoms with E-state index in [0.29, 0.717) is 12.4 Å². The molecule has 0 saturated carbocycles. The fraction of sp³-hybridized carbons (Fsp3) is 0.412. The second-order valence-electron chi connectivity index (χ2n) is 5.90. The van der Waals surface area contributed by atoms with Crippen LogP contribution in [0.5, 0.6) is 5.75 Å². The number of nitro benzene ring substituents is 1. The minimum atomic E-state index is -0.406. The fourth-order valence-electron chi connectivity index (χ4n) is 2.84. The zero-order valence-corrected chi connectivity index (χ0v) is 16.2. The number of benzene rings is 1. The topological polar surface area (TPSA) is 58.9 Å². The standard InChI is InChI=1S/C17H20BrN3O3S/c18-17-6-5-14(25-17)13-20-9-7-19(8-10-20)11-12-24-16-4-2-1-3-15(16)21(22)23/h1-6H,7-13H2. The average Bonchev–Trinajstić information content (AvgIpc) is 3.01. The number of hydrogen-bond donors (Lipinski definition) is 0. The predicted octanol–water partition coefficient (Wildman–Crippen LogP) is 3.62. The molecule has 6 nitrogen and oxygen atoms in total. The van der Waals surface area contributed by atoms with Crippen molar-refractivity contribution in [3.05, 3.63) is 55.2 Å². The minimum Gasteiger partial charge on any atom is -0.485 e. The maximum Gasteiger partial charge on any atom is 0.310 e. The van der Waals surface area contributed by atoms with Crippen LogP contribution in [0.4, 0.5) is 5.69 Å². The van der Waals surface area contributed by atoms with Gasteiger partial charge in [0, 0.05) is 50.2 Å². The van der Waals surface area contributed by atoms with Crippen molar-refractivity contribution in [3.63, 3.8) is 0 Å². The molecule has 0 spiro atoms. The Morgan fingerprint density at radius 2 is 1.84 bits per heavy atom. The molecule has 0 bridgehead atoms. The largest absolute Gasteiger partial charge is 0.485 e. The number of ether oxygens (including phenoxy) is 1. The van der Waals surface area contributed by atoms with E-state index in [-0.39, 0.29) is 5.69 Å². The highest BCUT2D eigenvalue weighted by molar-refractivity contribution is 9.11. The molecular weight excluding hydrogens is 406 g/mol. The minimum absolute atomic E-state index is 0.0226. The lowest BCUT2D eigenvalue weighted by Gasteiger charge is -2.34. The number of nitrogens with zero attached hydrogens (tertiary/aromatic N) is 3. The molecule has 1 fully saturated rings. The van der Waals surface area contributed by atoms with E-state index in [4.69, 9.17) is 4.74 Å². The van der Waals surface area contributed by atoms with Crippen LogP contribution in [0.3, 0.4) is 0 Å². The first-order chi connectivity index (χ1) is 12.1. The molecule has 1 aliphatic rings. The van der Waals surface area contributed by atoms with E-state index in [1.165, 1.54) is 14.7 Å². The van der Waals surface area contributed by atoms with E-state index in [1.807, 2.05) is 0 Å². The van der Waals surface area contributed by atoms with Crippen molar-refractivity contribution in [3.8, 4) is 5.75 Å². The highest BCUT2D eigenvalue weighted by Crippen LogP contribution is 2.26. The Kier molecular flexibility index (Phi) is 6.41. The molecular formula is C17H20BrN3O3S. The van der Waals surface area contributed by atoms with Crippen LogP contribution in [-0.2, 0) is 6.54 Å². The van der Waals surface area contributed by atoms with Crippen LogP contribution in [0.1, 0.15) is 4.88 Å². The van der Waals surface area contributed by atoms with Gasteiger partial charge in [-0.2, -0.15) is 0 Å². The number of thiophene rings is 1. The summed E-state index contributed by atoms with van der Waals surface area (Å²) < 4.78 is 6.80. The van der Waals surface area contributed by atoms with E-state index in [0.717, 1.165) is 39.3 Å². The van der Waals surface area contributed by atoms with Crippen LogP contribution < -0.4 is 4.74 Å². The second-order valence-corrected chi connectivity index (χ2v) is 8.44. The Morgan fingerprint density at radius 1 is 1.12 bits per heavy atom. The monoisotopic (exact) mass is 425 g/mol. The summed E-state index contributed by atoms with van der Waals surface area (Å²) in [6, 6.07) is 10.8. The van der Waals surface area contributed by atoms with E-state index < -0.39 is 4.92 Å². The van der Waals surface area contributed by atoms with Gasteiger partial charge in [0.25, 0.3) is 0 Å². The van der Waals surface area contributed by atoms with Gasteiger partial charge in [-0.05, 0) is 34.1 Å². The van der Waals surface area contributed by atoms with Gasteiger partial charge in [0.2, 0.25) is 0 Å². The fourth-order valence-corrected chi connectivity index (χ4v) is 4.37. The van der Waals surface area contributed by atoms with Gasteiger partial charge < -0.3 is 4.74 Å². The molecule has 0 unspecified atom stereocenters. The van der Waals surface area contributed by atoms with Gasteiger partial charge >= 0.3 is 5.69 Å². The first-order valence-corrected chi connectivity index (χ1v) is 9.78. The van der Waals surface area contributed by atoms with Crippen molar-refractivity contribution >= 4 is 33.0 Å².